The number of hydrogen-bond acceptors (Lipinski definition) is 5. The summed E-state index contributed by atoms with van der Waals surface area (Å²) in [5, 5.41) is 4.87. The number of anilines is 1. The van der Waals surface area contributed by atoms with Crippen molar-refractivity contribution in [3.63, 3.8) is 0 Å². The number of fused-ring (bicyclic) bond motifs is 1. The highest BCUT2D eigenvalue weighted by Gasteiger charge is 2.18. The lowest BCUT2D eigenvalue weighted by molar-refractivity contribution is -0.153. The number of ketones is 1. The summed E-state index contributed by atoms with van der Waals surface area (Å²) in [5.41, 5.74) is 1.27. The molecule has 0 spiro atoms. The van der Waals surface area contributed by atoms with Crippen LogP contribution in [-0.4, -0.2) is 30.4 Å². The van der Waals surface area contributed by atoms with Gasteiger partial charge in [0.15, 0.2) is 11.9 Å². The third-order valence-electron chi connectivity index (χ3n) is 4.75. The van der Waals surface area contributed by atoms with Crippen molar-refractivity contribution in [1.82, 2.24) is 0 Å². The van der Waals surface area contributed by atoms with E-state index in [2.05, 4.69) is 5.32 Å². The first-order chi connectivity index (χ1) is 14.9. The normalized spacial score (nSPS) is 11.5. The van der Waals surface area contributed by atoms with E-state index in [0.717, 1.165) is 10.8 Å². The van der Waals surface area contributed by atoms with Crippen LogP contribution in [0.15, 0.2) is 66.7 Å². The third-order valence-corrected chi connectivity index (χ3v) is 4.75. The molecule has 3 aromatic carbocycles. The molecule has 31 heavy (non-hydrogen) atoms. The summed E-state index contributed by atoms with van der Waals surface area (Å²) in [7, 11) is 0. The number of carbonyl (C=O) groups excluding carboxylic acids is 3. The summed E-state index contributed by atoms with van der Waals surface area (Å²) in [6, 6.07) is 20.3. The molecule has 1 N–H and O–H groups in total. The van der Waals surface area contributed by atoms with Crippen LogP contribution in [-0.2, 0) is 14.3 Å². The van der Waals surface area contributed by atoms with E-state index in [1.807, 2.05) is 42.5 Å². The molecule has 0 radical (unpaired) electrons. The molecular weight excluding hydrogens is 394 g/mol. The van der Waals surface area contributed by atoms with Gasteiger partial charge in [-0.1, -0.05) is 30.3 Å². The molecule has 0 saturated carbocycles. The number of hydrogen-bond donors (Lipinski definition) is 1. The van der Waals surface area contributed by atoms with E-state index in [1.165, 1.54) is 6.92 Å². The molecule has 0 saturated heterocycles. The van der Waals surface area contributed by atoms with Gasteiger partial charge in [0, 0.05) is 17.7 Å². The van der Waals surface area contributed by atoms with Crippen molar-refractivity contribution in [3.05, 3.63) is 72.3 Å². The molecule has 0 aliphatic rings. The Kier molecular flexibility index (Phi) is 7.38. The van der Waals surface area contributed by atoms with Crippen molar-refractivity contribution in [2.75, 3.05) is 11.9 Å². The molecule has 0 fully saturated rings. The Morgan fingerprint density at radius 2 is 1.65 bits per heavy atom. The predicted molar refractivity (Wildman–Crippen MR) is 119 cm³/mol. The van der Waals surface area contributed by atoms with Crippen LogP contribution in [0.3, 0.4) is 0 Å². The highest BCUT2D eigenvalue weighted by molar-refractivity contribution is 5.97. The van der Waals surface area contributed by atoms with Crippen molar-refractivity contribution in [2.45, 2.75) is 32.8 Å². The van der Waals surface area contributed by atoms with Gasteiger partial charge in [-0.2, -0.15) is 0 Å². The number of Topliss-reactive ketones (excluding diaryl/α,β-unsaturated/α-hetero) is 1. The van der Waals surface area contributed by atoms with Gasteiger partial charge in [0.05, 0.1) is 6.61 Å². The number of benzene rings is 3. The SMILES string of the molecule is CC(=O)c1ccc(OCCCC(=O)OC(C)C(=O)Nc2ccc3ccccc3c2)cc1. The molecule has 3 rings (SSSR count). The average molecular weight is 419 g/mol. The van der Waals surface area contributed by atoms with Crippen LogP contribution in [0.1, 0.15) is 37.0 Å². The maximum Gasteiger partial charge on any atom is 0.306 e. The molecule has 1 atom stereocenters. The van der Waals surface area contributed by atoms with Crippen LogP contribution in [0.2, 0.25) is 0 Å². The zero-order valence-electron chi connectivity index (χ0n) is 17.6. The molecule has 6 nitrogen and oxygen atoms in total. The molecule has 6 heteroatoms. The summed E-state index contributed by atoms with van der Waals surface area (Å²) in [6.45, 7) is 3.37. The largest absolute Gasteiger partial charge is 0.494 e. The third kappa shape index (κ3) is 6.40. The highest BCUT2D eigenvalue weighted by Crippen LogP contribution is 2.19. The summed E-state index contributed by atoms with van der Waals surface area (Å²) in [4.78, 5) is 35.6. The Labute approximate surface area is 181 Å². The summed E-state index contributed by atoms with van der Waals surface area (Å²) in [6.07, 6.45) is -0.315. The van der Waals surface area contributed by atoms with Crippen molar-refractivity contribution >= 4 is 34.1 Å². The fourth-order valence-corrected chi connectivity index (χ4v) is 3.01. The van der Waals surface area contributed by atoms with E-state index in [4.69, 9.17) is 9.47 Å². The second-order valence-corrected chi connectivity index (χ2v) is 7.22. The lowest BCUT2D eigenvalue weighted by Crippen LogP contribution is -2.30. The van der Waals surface area contributed by atoms with Crippen LogP contribution in [0.5, 0.6) is 5.75 Å². The molecule has 0 aromatic heterocycles. The maximum atomic E-state index is 12.3. The quantitative estimate of drug-likeness (QED) is 0.307. The topological polar surface area (TPSA) is 81.7 Å². The van der Waals surface area contributed by atoms with E-state index in [0.29, 0.717) is 30.0 Å². The van der Waals surface area contributed by atoms with Gasteiger partial charge in [0.25, 0.3) is 5.91 Å². The molecular formula is C25H25NO5. The Hall–Kier alpha value is -3.67. The monoisotopic (exact) mass is 419 g/mol. The van der Waals surface area contributed by atoms with Crippen LogP contribution in [0.4, 0.5) is 5.69 Å². The van der Waals surface area contributed by atoms with E-state index >= 15 is 0 Å². The van der Waals surface area contributed by atoms with Gasteiger partial charge in [-0.25, -0.2) is 0 Å². The van der Waals surface area contributed by atoms with Gasteiger partial charge in [-0.3, -0.25) is 14.4 Å². The molecule has 0 aliphatic heterocycles. The minimum Gasteiger partial charge on any atom is -0.494 e. The lowest BCUT2D eigenvalue weighted by Gasteiger charge is -2.14. The first-order valence-corrected chi connectivity index (χ1v) is 10.2. The molecule has 0 aliphatic carbocycles. The van der Waals surface area contributed by atoms with E-state index < -0.39 is 12.1 Å². The first kappa shape index (κ1) is 22.0. The van der Waals surface area contributed by atoms with E-state index in [9.17, 15) is 14.4 Å². The lowest BCUT2D eigenvalue weighted by atomic mass is 10.1. The number of ether oxygens (including phenoxy) is 2. The Morgan fingerprint density at radius 3 is 2.35 bits per heavy atom. The smallest absolute Gasteiger partial charge is 0.306 e. The number of carbonyl (C=O) groups is 3. The summed E-state index contributed by atoms with van der Waals surface area (Å²) < 4.78 is 10.8. The van der Waals surface area contributed by atoms with Crippen molar-refractivity contribution in [1.29, 1.82) is 0 Å². The van der Waals surface area contributed by atoms with E-state index in [-0.39, 0.29) is 18.1 Å². The molecule has 1 amide bonds. The minimum absolute atomic E-state index is 0.00642. The second-order valence-electron chi connectivity index (χ2n) is 7.22. The summed E-state index contributed by atoms with van der Waals surface area (Å²) >= 11 is 0. The minimum atomic E-state index is -0.904. The molecule has 0 heterocycles. The van der Waals surface area contributed by atoms with Crippen LogP contribution in [0.25, 0.3) is 10.8 Å². The van der Waals surface area contributed by atoms with Crippen LogP contribution in [0, 0.1) is 0 Å². The Bertz CT molecular complexity index is 1070. The molecule has 3 aromatic rings. The van der Waals surface area contributed by atoms with Gasteiger partial charge >= 0.3 is 5.97 Å². The van der Waals surface area contributed by atoms with Gasteiger partial charge in [-0.15, -0.1) is 0 Å². The highest BCUT2D eigenvalue weighted by atomic mass is 16.5. The second kappa shape index (κ2) is 10.4. The number of rotatable bonds is 9. The number of esters is 1. The zero-order valence-corrected chi connectivity index (χ0v) is 17.6. The molecule has 0 bridgehead atoms. The summed E-state index contributed by atoms with van der Waals surface area (Å²) in [5.74, 6) is -0.225. The van der Waals surface area contributed by atoms with Crippen LogP contribution >= 0.6 is 0 Å². The fourth-order valence-electron chi connectivity index (χ4n) is 3.01. The molecule has 160 valence electrons. The fraction of sp³-hybridized carbons (Fsp3) is 0.240. The molecule has 1 unspecified atom stereocenters. The van der Waals surface area contributed by atoms with Crippen LogP contribution < -0.4 is 10.1 Å². The average Bonchev–Trinajstić information content (AvgIpc) is 2.77. The van der Waals surface area contributed by atoms with Crippen molar-refractivity contribution in [2.24, 2.45) is 0 Å². The Balaban J connectivity index is 1.39. The predicted octanol–water partition coefficient (Wildman–Crippen LogP) is 4.77. The first-order valence-electron chi connectivity index (χ1n) is 10.2. The van der Waals surface area contributed by atoms with Gasteiger partial charge in [0.1, 0.15) is 5.75 Å². The standard InChI is InChI=1S/C25H25NO5/c1-17(27)19-10-13-23(14-11-19)30-15-5-8-24(28)31-18(2)25(29)26-22-12-9-20-6-3-4-7-21(20)16-22/h3-4,6-7,9-14,16,18H,5,8,15H2,1-2H3,(H,26,29). The van der Waals surface area contributed by atoms with Crippen molar-refractivity contribution in [3.8, 4) is 5.75 Å². The number of amides is 1. The van der Waals surface area contributed by atoms with E-state index in [1.54, 1.807) is 31.2 Å². The van der Waals surface area contributed by atoms with Crippen molar-refractivity contribution < 1.29 is 23.9 Å². The maximum absolute atomic E-state index is 12.3. The zero-order chi connectivity index (χ0) is 22.2. The van der Waals surface area contributed by atoms with Gasteiger partial charge < -0.3 is 14.8 Å². The Morgan fingerprint density at radius 1 is 0.935 bits per heavy atom. The van der Waals surface area contributed by atoms with Gasteiger partial charge in [0.2, 0.25) is 0 Å². The number of nitrogens with one attached hydrogen (secondary N) is 1. The van der Waals surface area contributed by atoms with Gasteiger partial charge in [-0.05, 0) is 67.4 Å².